The number of aromatic nitrogens is 3. The molecule has 0 aliphatic heterocycles. The third-order valence-corrected chi connectivity index (χ3v) is 3.79. The molecule has 2 heterocycles. The van der Waals surface area contributed by atoms with Gasteiger partial charge in [0.05, 0.1) is 23.3 Å². The van der Waals surface area contributed by atoms with Crippen LogP contribution in [0.1, 0.15) is 22.6 Å². The summed E-state index contributed by atoms with van der Waals surface area (Å²) in [7, 11) is 0. The third-order valence-electron chi connectivity index (χ3n) is 3.79. The highest BCUT2D eigenvalue weighted by Gasteiger charge is 2.12. The van der Waals surface area contributed by atoms with Crippen LogP contribution in [-0.4, -0.2) is 14.8 Å². The molecule has 1 N–H and O–H groups in total. The SMILES string of the molecule is Cc1nn(-c2ccccc2)c(C)c1CNc1ccc(C#N)nc1. The molecule has 5 nitrogen and oxygen atoms in total. The van der Waals surface area contributed by atoms with E-state index >= 15 is 0 Å². The molecule has 3 aromatic rings. The first-order valence-electron chi connectivity index (χ1n) is 7.39. The molecule has 0 radical (unpaired) electrons. The van der Waals surface area contributed by atoms with Gasteiger partial charge in [-0.1, -0.05) is 18.2 Å². The van der Waals surface area contributed by atoms with Gasteiger partial charge in [-0.2, -0.15) is 10.4 Å². The van der Waals surface area contributed by atoms with E-state index < -0.39 is 0 Å². The van der Waals surface area contributed by atoms with Gasteiger partial charge in [0.15, 0.2) is 0 Å². The smallest absolute Gasteiger partial charge is 0.140 e. The topological polar surface area (TPSA) is 66.5 Å². The number of nitrogens with zero attached hydrogens (tertiary/aromatic N) is 4. The van der Waals surface area contributed by atoms with Crippen LogP contribution >= 0.6 is 0 Å². The summed E-state index contributed by atoms with van der Waals surface area (Å²) in [4.78, 5) is 4.06. The number of rotatable bonds is 4. The van der Waals surface area contributed by atoms with E-state index in [0.717, 1.165) is 22.8 Å². The van der Waals surface area contributed by atoms with Crippen molar-refractivity contribution < 1.29 is 0 Å². The minimum Gasteiger partial charge on any atom is -0.380 e. The lowest BCUT2D eigenvalue weighted by molar-refractivity contribution is 0.833. The first-order valence-corrected chi connectivity index (χ1v) is 7.39. The highest BCUT2D eigenvalue weighted by Crippen LogP contribution is 2.19. The molecule has 3 rings (SSSR count). The van der Waals surface area contributed by atoms with Crippen LogP contribution in [0.2, 0.25) is 0 Å². The van der Waals surface area contributed by atoms with Crippen molar-refractivity contribution in [1.82, 2.24) is 14.8 Å². The average Bonchev–Trinajstić information content (AvgIpc) is 2.88. The molecule has 0 unspecified atom stereocenters. The fourth-order valence-corrected chi connectivity index (χ4v) is 2.51. The molecule has 23 heavy (non-hydrogen) atoms. The Hall–Kier alpha value is -3.13. The lowest BCUT2D eigenvalue weighted by atomic mass is 10.2. The van der Waals surface area contributed by atoms with Gasteiger partial charge in [0.2, 0.25) is 0 Å². The number of para-hydroxylation sites is 1. The second kappa shape index (κ2) is 6.32. The molecule has 0 saturated carbocycles. The summed E-state index contributed by atoms with van der Waals surface area (Å²) in [6.07, 6.45) is 1.67. The Morgan fingerprint density at radius 3 is 2.57 bits per heavy atom. The zero-order valence-corrected chi connectivity index (χ0v) is 13.1. The van der Waals surface area contributed by atoms with Gasteiger partial charge >= 0.3 is 0 Å². The fraction of sp³-hybridized carbons (Fsp3) is 0.167. The lowest BCUT2D eigenvalue weighted by Gasteiger charge is -2.07. The number of aryl methyl sites for hydroxylation is 1. The van der Waals surface area contributed by atoms with Crippen LogP contribution in [0.15, 0.2) is 48.7 Å². The van der Waals surface area contributed by atoms with E-state index in [0.29, 0.717) is 12.2 Å². The highest BCUT2D eigenvalue weighted by molar-refractivity contribution is 5.45. The minimum absolute atomic E-state index is 0.416. The predicted octanol–water partition coefficient (Wildman–Crippen LogP) is 3.37. The molecule has 0 atom stereocenters. The number of benzene rings is 1. The number of pyridine rings is 1. The Kier molecular flexibility index (Phi) is 4.07. The van der Waals surface area contributed by atoms with Crippen molar-refractivity contribution in [2.45, 2.75) is 20.4 Å². The zero-order chi connectivity index (χ0) is 16.2. The first-order chi connectivity index (χ1) is 11.2. The maximum Gasteiger partial charge on any atom is 0.140 e. The molecule has 114 valence electrons. The molecule has 0 aliphatic carbocycles. The Morgan fingerprint density at radius 1 is 1.13 bits per heavy atom. The van der Waals surface area contributed by atoms with Crippen LogP contribution in [0, 0.1) is 25.2 Å². The molecule has 1 aromatic carbocycles. The Morgan fingerprint density at radius 2 is 1.91 bits per heavy atom. The predicted molar refractivity (Wildman–Crippen MR) is 89.3 cm³/mol. The Bertz CT molecular complexity index is 842. The molecule has 0 bridgehead atoms. The van der Waals surface area contributed by atoms with Crippen LogP contribution < -0.4 is 5.32 Å². The molecule has 0 fully saturated rings. The van der Waals surface area contributed by atoms with Gasteiger partial charge in [-0.3, -0.25) is 0 Å². The van der Waals surface area contributed by atoms with Gasteiger partial charge in [0, 0.05) is 17.8 Å². The maximum absolute atomic E-state index is 8.78. The molecule has 0 saturated heterocycles. The van der Waals surface area contributed by atoms with E-state index in [9.17, 15) is 0 Å². The van der Waals surface area contributed by atoms with Crippen LogP contribution in [0.25, 0.3) is 5.69 Å². The number of hydrogen-bond donors (Lipinski definition) is 1. The number of anilines is 1. The van der Waals surface area contributed by atoms with Crippen molar-refractivity contribution in [3.63, 3.8) is 0 Å². The van der Waals surface area contributed by atoms with Crippen molar-refractivity contribution in [3.8, 4) is 11.8 Å². The van der Waals surface area contributed by atoms with Crippen LogP contribution in [-0.2, 0) is 6.54 Å². The first kappa shape index (κ1) is 14.8. The Balaban J connectivity index is 1.81. The number of nitriles is 1. The van der Waals surface area contributed by atoms with E-state index in [4.69, 9.17) is 5.26 Å². The Labute approximate surface area is 135 Å². The monoisotopic (exact) mass is 303 g/mol. The van der Waals surface area contributed by atoms with Gasteiger partial charge in [-0.05, 0) is 38.1 Å². The molecule has 0 spiro atoms. The van der Waals surface area contributed by atoms with Crippen molar-refractivity contribution in [3.05, 3.63) is 71.3 Å². The largest absolute Gasteiger partial charge is 0.380 e. The second-order valence-corrected chi connectivity index (χ2v) is 5.29. The molecule has 0 amide bonds. The van der Waals surface area contributed by atoms with Gasteiger partial charge in [-0.15, -0.1) is 0 Å². The molecular formula is C18H17N5. The van der Waals surface area contributed by atoms with Crippen molar-refractivity contribution in [2.75, 3.05) is 5.32 Å². The van der Waals surface area contributed by atoms with Gasteiger partial charge in [0.25, 0.3) is 0 Å². The summed E-state index contributed by atoms with van der Waals surface area (Å²) in [5.41, 5.74) is 5.64. The molecule has 0 aliphatic rings. The van der Waals surface area contributed by atoms with Crippen molar-refractivity contribution in [1.29, 1.82) is 5.26 Å². The minimum atomic E-state index is 0.416. The molecular weight excluding hydrogens is 286 g/mol. The van der Waals surface area contributed by atoms with Crippen LogP contribution in [0.4, 0.5) is 5.69 Å². The summed E-state index contributed by atoms with van der Waals surface area (Å²) < 4.78 is 1.96. The standard InChI is InChI=1S/C18H17N5/c1-13-18(12-21-16-9-8-15(10-19)20-11-16)14(2)23(22-13)17-6-4-3-5-7-17/h3-9,11,21H,12H2,1-2H3. The summed E-state index contributed by atoms with van der Waals surface area (Å²) in [6, 6.07) is 15.7. The summed E-state index contributed by atoms with van der Waals surface area (Å²) >= 11 is 0. The van der Waals surface area contributed by atoms with Gasteiger partial charge < -0.3 is 5.32 Å². The van der Waals surface area contributed by atoms with Gasteiger partial charge in [0.1, 0.15) is 11.8 Å². The maximum atomic E-state index is 8.78. The van der Waals surface area contributed by atoms with Crippen LogP contribution in [0.3, 0.4) is 0 Å². The van der Waals surface area contributed by atoms with Crippen molar-refractivity contribution in [2.24, 2.45) is 0 Å². The zero-order valence-electron chi connectivity index (χ0n) is 13.1. The van der Waals surface area contributed by atoms with E-state index in [1.54, 1.807) is 12.3 Å². The van der Waals surface area contributed by atoms with Crippen LogP contribution in [0.5, 0.6) is 0 Å². The number of nitrogens with one attached hydrogen (secondary N) is 1. The normalized spacial score (nSPS) is 10.3. The number of hydrogen-bond acceptors (Lipinski definition) is 4. The second-order valence-electron chi connectivity index (χ2n) is 5.29. The summed E-state index contributed by atoms with van der Waals surface area (Å²) in [6.45, 7) is 4.75. The average molecular weight is 303 g/mol. The highest BCUT2D eigenvalue weighted by atomic mass is 15.3. The molecule has 5 heteroatoms. The summed E-state index contributed by atoms with van der Waals surface area (Å²) in [5, 5.41) is 16.7. The van der Waals surface area contributed by atoms with E-state index in [1.165, 1.54) is 5.56 Å². The van der Waals surface area contributed by atoms with Gasteiger partial charge in [-0.25, -0.2) is 9.67 Å². The molecule has 2 aromatic heterocycles. The quantitative estimate of drug-likeness (QED) is 0.802. The fourth-order valence-electron chi connectivity index (χ4n) is 2.51. The van der Waals surface area contributed by atoms with E-state index in [1.807, 2.05) is 54.1 Å². The van der Waals surface area contributed by atoms with E-state index in [2.05, 4.69) is 22.3 Å². The summed E-state index contributed by atoms with van der Waals surface area (Å²) in [5.74, 6) is 0. The van der Waals surface area contributed by atoms with Crippen molar-refractivity contribution >= 4 is 5.69 Å². The third kappa shape index (κ3) is 3.06. The van der Waals surface area contributed by atoms with E-state index in [-0.39, 0.29) is 0 Å². The lowest BCUT2D eigenvalue weighted by Crippen LogP contribution is -2.03.